The fourth-order valence-electron chi connectivity index (χ4n) is 2.19. The Bertz CT molecular complexity index is 454. The molecular weight excluding hydrogens is 230 g/mol. The molecule has 1 saturated heterocycles. The molecule has 0 aliphatic carbocycles. The summed E-state index contributed by atoms with van der Waals surface area (Å²) in [6, 6.07) is 5.06. The molecule has 1 aromatic carbocycles. The molecule has 1 fully saturated rings. The largest absolute Gasteiger partial charge is 0.397 e. The van der Waals surface area contributed by atoms with Gasteiger partial charge in [0, 0.05) is 12.2 Å². The van der Waals surface area contributed by atoms with E-state index >= 15 is 0 Å². The Hall–Kier alpha value is -1.75. The average molecular weight is 249 g/mol. The van der Waals surface area contributed by atoms with Crippen LogP contribution in [0.1, 0.15) is 30.1 Å². The van der Waals surface area contributed by atoms with Crippen molar-refractivity contribution in [3.05, 3.63) is 23.8 Å². The van der Waals surface area contributed by atoms with Crippen LogP contribution in [0.5, 0.6) is 0 Å². The zero-order chi connectivity index (χ0) is 13.2. The van der Waals surface area contributed by atoms with Gasteiger partial charge in [-0.25, -0.2) is 0 Å². The number of nitrogen functional groups attached to an aromatic ring is 1. The summed E-state index contributed by atoms with van der Waals surface area (Å²) in [6.07, 6.45) is 2.06. The van der Waals surface area contributed by atoms with Crippen LogP contribution in [0.4, 0.5) is 11.4 Å². The summed E-state index contributed by atoms with van der Waals surface area (Å²) in [7, 11) is 0. The molecule has 0 spiro atoms. The Labute approximate surface area is 106 Å². The first-order chi connectivity index (χ1) is 8.50. The highest BCUT2D eigenvalue weighted by Gasteiger charge is 2.27. The molecule has 5 N–H and O–H groups in total. The minimum absolute atomic E-state index is 0.111. The highest BCUT2D eigenvalue weighted by Crippen LogP contribution is 2.28. The Balaban J connectivity index is 2.16. The van der Waals surface area contributed by atoms with Gasteiger partial charge in [0.2, 0.25) is 5.91 Å². The number of primary amides is 1. The predicted octanol–water partition coefficient (Wildman–Crippen LogP) is 1.35. The van der Waals surface area contributed by atoms with Crippen LogP contribution in [-0.2, 0) is 4.74 Å². The van der Waals surface area contributed by atoms with Crippen molar-refractivity contribution in [2.24, 2.45) is 5.73 Å². The number of hydrogen-bond donors (Lipinski definition) is 3. The molecule has 5 heteroatoms. The first-order valence-electron chi connectivity index (χ1n) is 6.05. The Morgan fingerprint density at radius 2 is 2.28 bits per heavy atom. The smallest absolute Gasteiger partial charge is 0.248 e. The van der Waals surface area contributed by atoms with Gasteiger partial charge >= 0.3 is 0 Å². The molecule has 0 saturated carbocycles. The summed E-state index contributed by atoms with van der Waals surface area (Å²) in [4.78, 5) is 11.0. The summed E-state index contributed by atoms with van der Waals surface area (Å²) in [5.41, 5.74) is 12.8. The van der Waals surface area contributed by atoms with Crippen molar-refractivity contribution in [3.63, 3.8) is 0 Å². The third kappa shape index (κ3) is 2.73. The second-order valence-electron chi connectivity index (χ2n) is 5.01. The number of nitrogens with two attached hydrogens (primary N) is 2. The number of amides is 1. The Kier molecular flexibility index (Phi) is 3.43. The summed E-state index contributed by atoms with van der Waals surface area (Å²) >= 11 is 0. The molecule has 1 aromatic rings. The molecule has 2 rings (SSSR count). The van der Waals surface area contributed by atoms with Gasteiger partial charge in [-0.1, -0.05) is 0 Å². The van der Waals surface area contributed by atoms with Crippen molar-refractivity contribution >= 4 is 17.3 Å². The van der Waals surface area contributed by atoms with Crippen LogP contribution >= 0.6 is 0 Å². The molecule has 1 amide bonds. The fraction of sp³-hybridized carbons (Fsp3) is 0.462. The van der Waals surface area contributed by atoms with Crippen molar-refractivity contribution in [1.82, 2.24) is 0 Å². The van der Waals surface area contributed by atoms with E-state index in [1.54, 1.807) is 18.2 Å². The Morgan fingerprint density at radius 3 is 2.83 bits per heavy atom. The van der Waals surface area contributed by atoms with E-state index in [0.29, 0.717) is 17.9 Å². The topological polar surface area (TPSA) is 90.4 Å². The van der Waals surface area contributed by atoms with Gasteiger partial charge in [0.1, 0.15) is 0 Å². The van der Waals surface area contributed by atoms with E-state index < -0.39 is 5.91 Å². The molecule has 98 valence electrons. The maximum absolute atomic E-state index is 11.0. The monoisotopic (exact) mass is 249 g/mol. The number of benzene rings is 1. The molecule has 18 heavy (non-hydrogen) atoms. The van der Waals surface area contributed by atoms with Gasteiger partial charge in [-0.3, -0.25) is 4.79 Å². The number of rotatable bonds is 3. The lowest BCUT2D eigenvalue weighted by Crippen LogP contribution is -2.43. The average Bonchev–Trinajstić information content (AvgIpc) is 2.32. The van der Waals surface area contributed by atoms with Crippen LogP contribution in [0, 0.1) is 0 Å². The van der Waals surface area contributed by atoms with Crippen LogP contribution in [-0.4, -0.2) is 24.7 Å². The summed E-state index contributed by atoms with van der Waals surface area (Å²) in [5.74, 6) is -0.472. The van der Waals surface area contributed by atoms with E-state index in [9.17, 15) is 4.79 Å². The number of nitrogens with one attached hydrogen (secondary N) is 1. The van der Waals surface area contributed by atoms with Gasteiger partial charge in [-0.05, 0) is 38.0 Å². The van der Waals surface area contributed by atoms with E-state index in [-0.39, 0.29) is 5.54 Å². The SMILES string of the molecule is CC1(Nc2ccc(C(N)=O)cc2N)CCCOC1. The van der Waals surface area contributed by atoms with E-state index in [1.165, 1.54) is 0 Å². The van der Waals surface area contributed by atoms with Gasteiger partial charge in [0.25, 0.3) is 0 Å². The molecule has 1 atom stereocenters. The van der Waals surface area contributed by atoms with Gasteiger partial charge in [-0.15, -0.1) is 0 Å². The number of hydrogen-bond acceptors (Lipinski definition) is 4. The second kappa shape index (κ2) is 4.86. The molecule has 0 bridgehead atoms. The molecule has 0 aromatic heterocycles. The van der Waals surface area contributed by atoms with Crippen LogP contribution in [0.25, 0.3) is 0 Å². The lowest BCUT2D eigenvalue weighted by Gasteiger charge is -2.35. The lowest BCUT2D eigenvalue weighted by molar-refractivity contribution is 0.0540. The van der Waals surface area contributed by atoms with Crippen molar-refractivity contribution in [3.8, 4) is 0 Å². The van der Waals surface area contributed by atoms with E-state index in [1.807, 2.05) is 0 Å². The van der Waals surface area contributed by atoms with Crippen LogP contribution in [0.15, 0.2) is 18.2 Å². The van der Waals surface area contributed by atoms with Gasteiger partial charge in [0.05, 0.1) is 23.5 Å². The number of carbonyl (C=O) groups is 1. The van der Waals surface area contributed by atoms with Crippen LogP contribution in [0.2, 0.25) is 0 Å². The molecule has 1 unspecified atom stereocenters. The van der Waals surface area contributed by atoms with E-state index in [2.05, 4.69) is 12.2 Å². The van der Waals surface area contributed by atoms with E-state index in [4.69, 9.17) is 16.2 Å². The third-order valence-corrected chi connectivity index (χ3v) is 3.21. The predicted molar refractivity (Wildman–Crippen MR) is 71.5 cm³/mol. The van der Waals surface area contributed by atoms with Crippen molar-refractivity contribution in [2.45, 2.75) is 25.3 Å². The standard InChI is InChI=1S/C13H19N3O2/c1-13(5-2-6-18-8-13)16-11-4-3-9(12(15)17)7-10(11)14/h3-4,7,16H,2,5-6,8,14H2,1H3,(H2,15,17). The molecular formula is C13H19N3O2. The minimum atomic E-state index is -0.472. The quantitative estimate of drug-likeness (QED) is 0.705. The number of anilines is 2. The molecule has 1 aliphatic rings. The first kappa shape index (κ1) is 12.7. The molecule has 1 heterocycles. The summed E-state index contributed by atoms with van der Waals surface area (Å²) in [6.45, 7) is 3.57. The van der Waals surface area contributed by atoms with Crippen LogP contribution in [0.3, 0.4) is 0 Å². The van der Waals surface area contributed by atoms with E-state index in [0.717, 1.165) is 25.1 Å². The minimum Gasteiger partial charge on any atom is -0.397 e. The Morgan fingerprint density at radius 1 is 1.50 bits per heavy atom. The number of carbonyl (C=O) groups excluding carboxylic acids is 1. The zero-order valence-corrected chi connectivity index (χ0v) is 10.5. The van der Waals surface area contributed by atoms with Gasteiger partial charge in [-0.2, -0.15) is 0 Å². The highest BCUT2D eigenvalue weighted by atomic mass is 16.5. The molecule has 1 aliphatic heterocycles. The van der Waals surface area contributed by atoms with Crippen molar-refractivity contribution in [1.29, 1.82) is 0 Å². The number of ether oxygens (including phenoxy) is 1. The molecule has 5 nitrogen and oxygen atoms in total. The van der Waals surface area contributed by atoms with Gasteiger partial charge < -0.3 is 21.5 Å². The van der Waals surface area contributed by atoms with Crippen LogP contribution < -0.4 is 16.8 Å². The van der Waals surface area contributed by atoms with Gasteiger partial charge in [0.15, 0.2) is 0 Å². The maximum Gasteiger partial charge on any atom is 0.248 e. The van der Waals surface area contributed by atoms with Crippen molar-refractivity contribution < 1.29 is 9.53 Å². The lowest BCUT2D eigenvalue weighted by atomic mass is 9.94. The first-order valence-corrected chi connectivity index (χ1v) is 6.05. The third-order valence-electron chi connectivity index (χ3n) is 3.21. The fourth-order valence-corrected chi connectivity index (χ4v) is 2.19. The highest BCUT2D eigenvalue weighted by molar-refractivity contribution is 5.94. The zero-order valence-electron chi connectivity index (χ0n) is 10.5. The van der Waals surface area contributed by atoms with Crippen molar-refractivity contribution in [2.75, 3.05) is 24.3 Å². The summed E-state index contributed by atoms with van der Waals surface area (Å²) in [5, 5.41) is 3.39. The second-order valence-corrected chi connectivity index (χ2v) is 5.01. The maximum atomic E-state index is 11.0. The normalized spacial score (nSPS) is 23.6. The summed E-state index contributed by atoms with van der Waals surface area (Å²) < 4.78 is 5.48. The molecule has 0 radical (unpaired) electrons.